The van der Waals surface area contributed by atoms with Gasteiger partial charge >= 0.3 is 5.97 Å². The van der Waals surface area contributed by atoms with Gasteiger partial charge < -0.3 is 14.4 Å². The monoisotopic (exact) mass is 387 g/mol. The van der Waals surface area contributed by atoms with Gasteiger partial charge in [-0.15, -0.1) is 0 Å². The molecule has 0 radical (unpaired) electrons. The lowest BCUT2D eigenvalue weighted by Crippen LogP contribution is -2.38. The Bertz CT molecular complexity index is 1030. The Kier molecular flexibility index (Phi) is 5.29. The molecule has 0 N–H and O–H groups in total. The Labute approximate surface area is 169 Å². The number of anilines is 1. The SMILES string of the molecule is CC1Cc2ccccc2N1C(=O)COC(=O)c1ccccc1Oc1ccccc1. The van der Waals surface area contributed by atoms with Crippen LogP contribution in [0.25, 0.3) is 0 Å². The number of ether oxygens (including phenoxy) is 2. The molecule has 0 bridgehead atoms. The van der Waals surface area contributed by atoms with E-state index in [1.165, 1.54) is 0 Å². The molecule has 1 aliphatic heterocycles. The van der Waals surface area contributed by atoms with Crippen molar-refractivity contribution in [1.82, 2.24) is 0 Å². The molecular formula is C24H21NO4. The van der Waals surface area contributed by atoms with Crippen molar-refractivity contribution in [3.05, 3.63) is 90.0 Å². The van der Waals surface area contributed by atoms with Crippen molar-refractivity contribution in [1.29, 1.82) is 0 Å². The van der Waals surface area contributed by atoms with Gasteiger partial charge in [0.15, 0.2) is 6.61 Å². The molecule has 1 aliphatic rings. The molecule has 1 heterocycles. The number of para-hydroxylation sites is 3. The first-order chi connectivity index (χ1) is 14.1. The normalized spacial score (nSPS) is 14.9. The van der Waals surface area contributed by atoms with E-state index >= 15 is 0 Å². The number of benzene rings is 3. The fraction of sp³-hybridized carbons (Fsp3) is 0.167. The van der Waals surface area contributed by atoms with Gasteiger partial charge in [0.25, 0.3) is 5.91 Å². The van der Waals surface area contributed by atoms with Gasteiger partial charge in [-0.2, -0.15) is 0 Å². The van der Waals surface area contributed by atoms with Crippen LogP contribution in [0.1, 0.15) is 22.8 Å². The molecule has 0 spiro atoms. The summed E-state index contributed by atoms with van der Waals surface area (Å²) < 4.78 is 11.1. The third-order valence-corrected chi connectivity index (χ3v) is 4.88. The number of amides is 1. The molecule has 3 aromatic rings. The quantitative estimate of drug-likeness (QED) is 0.600. The number of fused-ring (bicyclic) bond motifs is 1. The van der Waals surface area contributed by atoms with Gasteiger partial charge in [-0.3, -0.25) is 4.79 Å². The molecule has 1 amide bonds. The van der Waals surface area contributed by atoms with Crippen LogP contribution >= 0.6 is 0 Å². The fourth-order valence-electron chi connectivity index (χ4n) is 3.56. The highest BCUT2D eigenvalue weighted by Gasteiger charge is 2.31. The summed E-state index contributed by atoms with van der Waals surface area (Å²) >= 11 is 0. The minimum atomic E-state index is -0.593. The second kappa shape index (κ2) is 8.19. The van der Waals surface area contributed by atoms with Crippen LogP contribution in [-0.4, -0.2) is 24.5 Å². The molecular weight excluding hydrogens is 366 g/mol. The maximum atomic E-state index is 12.7. The molecule has 0 saturated heterocycles. The van der Waals surface area contributed by atoms with Crippen LogP contribution < -0.4 is 9.64 Å². The first-order valence-electron chi connectivity index (χ1n) is 9.52. The maximum absolute atomic E-state index is 12.7. The Morgan fingerprint density at radius 2 is 1.62 bits per heavy atom. The Morgan fingerprint density at radius 1 is 0.931 bits per heavy atom. The van der Waals surface area contributed by atoms with Crippen molar-refractivity contribution in [3.8, 4) is 11.5 Å². The van der Waals surface area contributed by atoms with E-state index in [9.17, 15) is 9.59 Å². The first kappa shape index (κ1) is 18.7. The lowest BCUT2D eigenvalue weighted by atomic mass is 10.1. The van der Waals surface area contributed by atoms with Crippen molar-refractivity contribution in [2.24, 2.45) is 0 Å². The van der Waals surface area contributed by atoms with Crippen LogP contribution in [0.15, 0.2) is 78.9 Å². The molecule has 0 saturated carbocycles. The second-order valence-electron chi connectivity index (χ2n) is 6.93. The van der Waals surface area contributed by atoms with Gasteiger partial charge in [0, 0.05) is 11.7 Å². The zero-order valence-corrected chi connectivity index (χ0v) is 16.1. The molecule has 5 heteroatoms. The molecule has 29 heavy (non-hydrogen) atoms. The van der Waals surface area contributed by atoms with Crippen LogP contribution in [0.2, 0.25) is 0 Å². The molecule has 0 aromatic heterocycles. The number of esters is 1. The van der Waals surface area contributed by atoms with Crippen molar-refractivity contribution in [3.63, 3.8) is 0 Å². The number of hydrogen-bond acceptors (Lipinski definition) is 4. The Hall–Kier alpha value is -3.60. The van der Waals surface area contributed by atoms with Crippen molar-refractivity contribution in [2.75, 3.05) is 11.5 Å². The largest absolute Gasteiger partial charge is 0.456 e. The van der Waals surface area contributed by atoms with E-state index in [0.717, 1.165) is 17.7 Å². The predicted molar refractivity (Wildman–Crippen MR) is 110 cm³/mol. The molecule has 4 rings (SSSR count). The standard InChI is InChI=1S/C24H21NO4/c1-17-15-18-9-5-7-13-21(18)25(17)23(26)16-28-24(27)20-12-6-8-14-22(20)29-19-10-3-2-4-11-19/h2-14,17H,15-16H2,1H3. The lowest BCUT2D eigenvalue weighted by molar-refractivity contribution is -0.122. The highest BCUT2D eigenvalue weighted by molar-refractivity contribution is 5.99. The van der Waals surface area contributed by atoms with Gasteiger partial charge in [0.05, 0.1) is 0 Å². The van der Waals surface area contributed by atoms with Gasteiger partial charge in [0.2, 0.25) is 0 Å². The minimum Gasteiger partial charge on any atom is -0.456 e. The van der Waals surface area contributed by atoms with E-state index in [1.54, 1.807) is 41.3 Å². The summed E-state index contributed by atoms with van der Waals surface area (Å²) in [4.78, 5) is 27.1. The number of rotatable bonds is 5. The van der Waals surface area contributed by atoms with E-state index in [4.69, 9.17) is 9.47 Å². The molecule has 0 aliphatic carbocycles. The van der Waals surface area contributed by atoms with E-state index in [0.29, 0.717) is 11.5 Å². The molecule has 1 unspecified atom stereocenters. The van der Waals surface area contributed by atoms with E-state index in [1.807, 2.05) is 49.4 Å². The molecule has 0 fully saturated rings. The Balaban J connectivity index is 1.45. The van der Waals surface area contributed by atoms with Crippen LogP contribution in [0, 0.1) is 0 Å². The van der Waals surface area contributed by atoms with Crippen LogP contribution in [-0.2, 0) is 16.0 Å². The summed E-state index contributed by atoms with van der Waals surface area (Å²) in [5.74, 6) is 0.171. The van der Waals surface area contributed by atoms with Gasteiger partial charge in [-0.1, -0.05) is 48.5 Å². The van der Waals surface area contributed by atoms with Crippen LogP contribution in [0.5, 0.6) is 11.5 Å². The summed E-state index contributed by atoms with van der Waals surface area (Å²) in [6, 6.07) is 23.9. The molecule has 1 atom stereocenters. The Morgan fingerprint density at radius 3 is 2.45 bits per heavy atom. The van der Waals surface area contributed by atoms with E-state index < -0.39 is 5.97 Å². The number of carbonyl (C=O) groups excluding carboxylic acids is 2. The third-order valence-electron chi connectivity index (χ3n) is 4.88. The summed E-state index contributed by atoms with van der Waals surface area (Å²) in [7, 11) is 0. The third kappa shape index (κ3) is 3.99. The smallest absolute Gasteiger partial charge is 0.342 e. The molecule has 5 nitrogen and oxygen atoms in total. The van der Waals surface area contributed by atoms with E-state index in [-0.39, 0.29) is 24.1 Å². The predicted octanol–water partition coefficient (Wildman–Crippen LogP) is 4.61. The summed E-state index contributed by atoms with van der Waals surface area (Å²) in [5.41, 5.74) is 2.29. The minimum absolute atomic E-state index is 0.0345. The average Bonchev–Trinajstić information content (AvgIpc) is 3.08. The van der Waals surface area contributed by atoms with Crippen molar-refractivity contribution >= 4 is 17.6 Å². The van der Waals surface area contributed by atoms with Gasteiger partial charge in [0.1, 0.15) is 17.1 Å². The molecule has 3 aromatic carbocycles. The topological polar surface area (TPSA) is 55.8 Å². The zero-order chi connectivity index (χ0) is 20.2. The van der Waals surface area contributed by atoms with Crippen LogP contribution in [0.4, 0.5) is 5.69 Å². The van der Waals surface area contributed by atoms with Gasteiger partial charge in [-0.25, -0.2) is 4.79 Å². The summed E-state index contributed by atoms with van der Waals surface area (Å²) in [5, 5.41) is 0. The molecule has 146 valence electrons. The average molecular weight is 387 g/mol. The number of hydrogen-bond donors (Lipinski definition) is 0. The maximum Gasteiger partial charge on any atom is 0.342 e. The lowest BCUT2D eigenvalue weighted by Gasteiger charge is -2.22. The first-order valence-corrected chi connectivity index (χ1v) is 9.52. The zero-order valence-electron chi connectivity index (χ0n) is 16.1. The summed E-state index contributed by atoms with van der Waals surface area (Å²) in [6.45, 7) is 1.67. The fourth-order valence-corrected chi connectivity index (χ4v) is 3.56. The van der Waals surface area contributed by atoms with Crippen LogP contribution in [0.3, 0.4) is 0 Å². The number of nitrogens with zero attached hydrogens (tertiary/aromatic N) is 1. The number of carbonyl (C=O) groups is 2. The van der Waals surface area contributed by atoms with Crippen molar-refractivity contribution < 1.29 is 19.1 Å². The second-order valence-corrected chi connectivity index (χ2v) is 6.93. The van der Waals surface area contributed by atoms with Gasteiger partial charge in [-0.05, 0) is 49.2 Å². The van der Waals surface area contributed by atoms with Crippen molar-refractivity contribution in [2.45, 2.75) is 19.4 Å². The highest BCUT2D eigenvalue weighted by atomic mass is 16.5. The van der Waals surface area contributed by atoms with E-state index in [2.05, 4.69) is 0 Å². The highest BCUT2D eigenvalue weighted by Crippen LogP contribution is 2.32. The summed E-state index contributed by atoms with van der Waals surface area (Å²) in [6.07, 6.45) is 0.795.